The first kappa shape index (κ1) is 41.4. The number of hydrogen-bond acceptors (Lipinski definition) is 11. The Hall–Kier alpha value is -3.65. The van der Waals surface area contributed by atoms with Gasteiger partial charge in [-0.15, -0.1) is 0 Å². The molecule has 0 aliphatic carbocycles. The highest BCUT2D eigenvalue weighted by Gasteiger charge is 2.25. The van der Waals surface area contributed by atoms with E-state index in [1.54, 1.807) is 69.4 Å². The van der Waals surface area contributed by atoms with Gasteiger partial charge < -0.3 is 44.4 Å². The van der Waals surface area contributed by atoms with E-state index in [1.807, 2.05) is 13.8 Å². The molecule has 0 aliphatic heterocycles. The molecule has 0 radical (unpaired) electrons. The quantitative estimate of drug-likeness (QED) is 0.111. The summed E-state index contributed by atoms with van der Waals surface area (Å²) in [5, 5.41) is 16.0. The second kappa shape index (κ2) is 19.2. The van der Waals surface area contributed by atoms with Crippen molar-refractivity contribution in [1.82, 2.24) is 16.0 Å². The van der Waals surface area contributed by atoms with E-state index >= 15 is 0 Å². The molecule has 0 atom stereocenters. The van der Waals surface area contributed by atoms with Crippen LogP contribution in [-0.4, -0.2) is 81.7 Å². The van der Waals surface area contributed by atoms with Crippen LogP contribution >= 0.6 is 0 Å². The fourth-order valence-corrected chi connectivity index (χ4v) is 4.19. The Balaban J connectivity index is 3.40. The van der Waals surface area contributed by atoms with Crippen LogP contribution in [0.5, 0.6) is 5.75 Å². The van der Waals surface area contributed by atoms with Crippen molar-refractivity contribution in [3.8, 4) is 5.75 Å². The van der Waals surface area contributed by atoms with E-state index in [1.165, 1.54) is 0 Å². The topological polar surface area (TPSA) is 167 Å². The lowest BCUT2D eigenvalue weighted by Gasteiger charge is -2.26. The van der Waals surface area contributed by atoms with Crippen molar-refractivity contribution in [2.75, 3.05) is 46.6 Å². The molecule has 47 heavy (non-hydrogen) atoms. The lowest BCUT2D eigenvalue weighted by atomic mass is 9.91. The predicted molar refractivity (Wildman–Crippen MR) is 178 cm³/mol. The van der Waals surface area contributed by atoms with Crippen LogP contribution in [0.1, 0.15) is 90.1 Å². The second-order valence-electron chi connectivity index (χ2n) is 13.7. The Labute approximate surface area is 280 Å². The van der Waals surface area contributed by atoms with Crippen molar-refractivity contribution in [2.45, 2.75) is 113 Å². The smallest absolute Gasteiger partial charge is 0.407 e. The van der Waals surface area contributed by atoms with Crippen LogP contribution in [0.15, 0.2) is 10.2 Å². The molecule has 1 rings (SSSR count). The highest BCUT2D eigenvalue weighted by atomic mass is 16.6. The van der Waals surface area contributed by atoms with Gasteiger partial charge in [-0.1, -0.05) is 0 Å². The number of nitrogens with zero attached hydrogens (tertiary/aromatic N) is 2. The van der Waals surface area contributed by atoms with Gasteiger partial charge in [0, 0.05) is 24.7 Å². The summed E-state index contributed by atoms with van der Waals surface area (Å²) < 4.78 is 33.8. The minimum Gasteiger partial charge on any atom is -0.490 e. The maximum Gasteiger partial charge on any atom is 0.407 e. The van der Waals surface area contributed by atoms with E-state index in [9.17, 15) is 14.4 Å². The van der Waals surface area contributed by atoms with Gasteiger partial charge in [0.05, 0.1) is 46.1 Å². The number of carbonyl (C=O) groups excluding carboxylic acids is 3. The van der Waals surface area contributed by atoms with Crippen LogP contribution in [0.4, 0.5) is 14.4 Å². The number of azo groups is 1. The maximum atomic E-state index is 12.7. The molecule has 14 nitrogen and oxygen atoms in total. The second-order valence-corrected chi connectivity index (χ2v) is 13.7. The Morgan fingerprint density at radius 1 is 0.574 bits per heavy atom. The molecule has 14 heteroatoms. The van der Waals surface area contributed by atoms with Crippen molar-refractivity contribution >= 4 is 18.3 Å². The minimum absolute atomic E-state index is 0.0546. The molecule has 3 N–H and O–H groups in total. The first-order chi connectivity index (χ1) is 21.7. The van der Waals surface area contributed by atoms with Crippen molar-refractivity contribution in [2.24, 2.45) is 10.2 Å². The normalized spacial score (nSPS) is 12.1. The monoisotopic (exact) mass is 667 g/mol. The molecule has 0 fully saturated rings. The average molecular weight is 668 g/mol. The first-order valence-electron chi connectivity index (χ1n) is 15.8. The molecule has 0 aromatic heterocycles. The van der Waals surface area contributed by atoms with Gasteiger partial charge >= 0.3 is 18.3 Å². The van der Waals surface area contributed by atoms with E-state index in [0.29, 0.717) is 43.2 Å². The van der Waals surface area contributed by atoms with E-state index in [2.05, 4.69) is 26.2 Å². The van der Waals surface area contributed by atoms with Gasteiger partial charge in [0.25, 0.3) is 0 Å². The third kappa shape index (κ3) is 17.7. The molecule has 0 spiro atoms. The Morgan fingerprint density at radius 2 is 0.936 bits per heavy atom. The van der Waals surface area contributed by atoms with E-state index in [0.717, 1.165) is 16.7 Å². The number of alkyl carbamates (subject to hydrolysis) is 3. The third-order valence-electron chi connectivity index (χ3n) is 6.11. The van der Waals surface area contributed by atoms with Crippen LogP contribution in [-0.2, 0) is 43.3 Å². The lowest BCUT2D eigenvalue weighted by molar-refractivity contribution is 0.0382. The zero-order valence-corrected chi connectivity index (χ0v) is 30.4. The molecule has 0 bridgehead atoms. The summed E-state index contributed by atoms with van der Waals surface area (Å²) in [7, 11) is 1.61. The van der Waals surface area contributed by atoms with Crippen molar-refractivity contribution in [3.63, 3.8) is 0 Å². The molecule has 268 valence electrons. The lowest BCUT2D eigenvalue weighted by Crippen LogP contribution is -2.34. The Morgan fingerprint density at radius 3 is 1.32 bits per heavy atom. The van der Waals surface area contributed by atoms with Crippen molar-refractivity contribution < 1.29 is 42.8 Å². The number of nitrogens with one attached hydrogen (secondary N) is 3. The molecular formula is C33H57N5O9. The van der Waals surface area contributed by atoms with Gasteiger partial charge in [-0.3, -0.25) is 0 Å². The standard InChI is InChI=1S/C33H57N5O9/c1-22-24(19-35-28(39)45-31(3,4)5)23(2)26(21-37-30(41)47-33(9,10)11)27(25(22)20-36-29(40)46-32(6,7)8)44-18-17-43-16-15-42-14-13-38-34-12/h13-21H2,1-12H3,(H,35,39)(H,36,40)(H,37,41)/b38-34+. The fraction of sp³-hybridized carbons (Fsp3) is 0.727. The molecule has 0 saturated heterocycles. The zero-order chi connectivity index (χ0) is 35.8. The molecule has 0 unspecified atom stereocenters. The summed E-state index contributed by atoms with van der Waals surface area (Å²) in [6.07, 6.45) is -1.78. The van der Waals surface area contributed by atoms with Gasteiger partial charge in [0.1, 0.15) is 29.2 Å². The summed E-state index contributed by atoms with van der Waals surface area (Å²) in [4.78, 5) is 37.9. The van der Waals surface area contributed by atoms with Crippen LogP contribution in [0.3, 0.4) is 0 Å². The van der Waals surface area contributed by atoms with Gasteiger partial charge in [-0.05, 0) is 92.9 Å². The van der Waals surface area contributed by atoms with Crippen molar-refractivity contribution in [1.29, 1.82) is 0 Å². The predicted octanol–water partition coefficient (Wildman–Crippen LogP) is 5.87. The number of carbonyl (C=O) groups is 3. The number of rotatable bonds is 16. The number of ether oxygens (including phenoxy) is 6. The first-order valence-corrected chi connectivity index (χ1v) is 15.8. The highest BCUT2D eigenvalue weighted by molar-refractivity contribution is 5.70. The summed E-state index contributed by atoms with van der Waals surface area (Å²) in [5.74, 6) is 0.470. The molecular weight excluding hydrogens is 610 g/mol. The van der Waals surface area contributed by atoms with Gasteiger partial charge in [0.2, 0.25) is 0 Å². The van der Waals surface area contributed by atoms with Gasteiger partial charge in [-0.2, -0.15) is 10.2 Å². The van der Waals surface area contributed by atoms with Crippen LogP contribution < -0.4 is 20.7 Å². The fourth-order valence-electron chi connectivity index (χ4n) is 4.19. The summed E-state index contributed by atoms with van der Waals surface area (Å²) in [6, 6.07) is 0. The maximum absolute atomic E-state index is 12.7. The van der Waals surface area contributed by atoms with Gasteiger partial charge in [-0.25, -0.2) is 14.4 Å². The molecule has 3 amide bonds. The number of benzene rings is 1. The average Bonchev–Trinajstić information content (AvgIpc) is 2.90. The summed E-state index contributed by atoms with van der Waals surface area (Å²) in [5.41, 5.74) is 1.57. The highest BCUT2D eigenvalue weighted by Crippen LogP contribution is 2.34. The largest absolute Gasteiger partial charge is 0.490 e. The summed E-state index contributed by atoms with van der Waals surface area (Å²) in [6.45, 7) is 22.2. The number of amides is 3. The third-order valence-corrected chi connectivity index (χ3v) is 6.11. The van der Waals surface area contributed by atoms with Crippen LogP contribution in [0, 0.1) is 13.8 Å². The Bertz CT molecular complexity index is 1140. The molecule has 1 aromatic rings. The molecule has 0 aliphatic rings. The number of hydrogen-bond donors (Lipinski definition) is 3. The minimum atomic E-state index is -0.697. The summed E-state index contributed by atoms with van der Waals surface area (Å²) >= 11 is 0. The van der Waals surface area contributed by atoms with Crippen molar-refractivity contribution in [3.05, 3.63) is 27.8 Å². The van der Waals surface area contributed by atoms with Crippen LogP contribution in [0.25, 0.3) is 0 Å². The SMILES string of the molecule is C/N=N/CCOCCOCCOc1c(CNC(=O)OC(C)(C)C)c(C)c(CNC(=O)OC(C)(C)C)c(C)c1CNC(=O)OC(C)(C)C. The molecule has 1 aromatic carbocycles. The van der Waals surface area contributed by atoms with Gasteiger partial charge in [0.15, 0.2) is 0 Å². The van der Waals surface area contributed by atoms with E-state index < -0.39 is 35.1 Å². The Kier molecular flexibility index (Phi) is 16.9. The molecule has 0 heterocycles. The van der Waals surface area contributed by atoms with E-state index in [-0.39, 0.29) is 32.8 Å². The van der Waals surface area contributed by atoms with E-state index in [4.69, 9.17) is 28.4 Å². The molecule has 0 saturated carbocycles. The zero-order valence-electron chi connectivity index (χ0n) is 30.4. The van der Waals surface area contributed by atoms with Crippen LogP contribution in [0.2, 0.25) is 0 Å².